The first kappa shape index (κ1) is 19.1. The van der Waals surface area contributed by atoms with E-state index < -0.39 is 6.10 Å². The van der Waals surface area contributed by atoms with Crippen LogP contribution >= 0.6 is 11.6 Å². The van der Waals surface area contributed by atoms with Crippen molar-refractivity contribution < 1.29 is 14.3 Å². The average Bonchev–Trinajstić information content (AvgIpc) is 2.59. The lowest BCUT2D eigenvalue weighted by molar-refractivity contribution is -0.137. The Morgan fingerprint density at radius 1 is 1.32 bits per heavy atom. The number of ether oxygens (including phenoxy) is 2. The number of rotatable bonds is 6. The van der Waals surface area contributed by atoms with E-state index in [0.717, 1.165) is 22.6 Å². The van der Waals surface area contributed by atoms with Crippen LogP contribution in [0.3, 0.4) is 0 Å². The standard InChI is InChI=1S/C19H23ClN2O3/c1-12-10-21-16(13(2)18(12)24-5)11-22(4)19(23)14(3)25-17-9-7-6-8-15(17)20/h6-10,14H,11H2,1-5H3. The smallest absolute Gasteiger partial charge is 0.263 e. The monoisotopic (exact) mass is 362 g/mol. The highest BCUT2D eigenvalue weighted by Crippen LogP contribution is 2.26. The van der Waals surface area contributed by atoms with Crippen molar-refractivity contribution in [1.29, 1.82) is 0 Å². The van der Waals surface area contributed by atoms with Crippen molar-refractivity contribution in [2.24, 2.45) is 0 Å². The number of para-hydroxylation sites is 1. The number of methoxy groups -OCH3 is 1. The van der Waals surface area contributed by atoms with Gasteiger partial charge in [-0.05, 0) is 32.9 Å². The minimum atomic E-state index is -0.655. The van der Waals surface area contributed by atoms with Crippen molar-refractivity contribution in [2.45, 2.75) is 33.4 Å². The lowest BCUT2D eigenvalue weighted by atomic mass is 10.1. The number of pyridine rings is 1. The SMILES string of the molecule is COc1c(C)cnc(CN(C)C(=O)C(C)Oc2ccccc2Cl)c1C. The lowest BCUT2D eigenvalue weighted by Gasteiger charge is -2.23. The lowest BCUT2D eigenvalue weighted by Crippen LogP contribution is -2.37. The topological polar surface area (TPSA) is 51.7 Å². The number of benzene rings is 1. The van der Waals surface area contributed by atoms with E-state index >= 15 is 0 Å². The zero-order chi connectivity index (χ0) is 18.6. The second-order valence-electron chi connectivity index (χ2n) is 5.93. The van der Waals surface area contributed by atoms with Gasteiger partial charge in [0.25, 0.3) is 5.91 Å². The Labute approximate surface area is 153 Å². The fourth-order valence-corrected chi connectivity index (χ4v) is 2.80. The number of carbonyl (C=O) groups is 1. The summed E-state index contributed by atoms with van der Waals surface area (Å²) in [6.45, 7) is 5.96. The number of amides is 1. The first-order valence-corrected chi connectivity index (χ1v) is 8.38. The second kappa shape index (κ2) is 8.21. The van der Waals surface area contributed by atoms with Gasteiger partial charge >= 0.3 is 0 Å². The van der Waals surface area contributed by atoms with E-state index in [2.05, 4.69) is 4.98 Å². The molecule has 0 saturated carbocycles. The summed E-state index contributed by atoms with van der Waals surface area (Å²) in [6, 6.07) is 7.09. The highest BCUT2D eigenvalue weighted by atomic mass is 35.5. The maximum absolute atomic E-state index is 12.6. The number of halogens is 1. The van der Waals surface area contributed by atoms with Gasteiger partial charge in [0.2, 0.25) is 0 Å². The van der Waals surface area contributed by atoms with Crippen LogP contribution in [0.5, 0.6) is 11.5 Å². The molecule has 0 aliphatic rings. The Morgan fingerprint density at radius 3 is 2.64 bits per heavy atom. The van der Waals surface area contributed by atoms with Crippen molar-refractivity contribution in [2.75, 3.05) is 14.2 Å². The molecule has 1 aromatic heterocycles. The normalized spacial score (nSPS) is 11.8. The third-order valence-electron chi connectivity index (χ3n) is 4.00. The van der Waals surface area contributed by atoms with Crippen LogP contribution < -0.4 is 9.47 Å². The van der Waals surface area contributed by atoms with Gasteiger partial charge in [0.05, 0.1) is 24.4 Å². The molecule has 0 aliphatic carbocycles. The van der Waals surface area contributed by atoms with Crippen molar-refractivity contribution >= 4 is 17.5 Å². The van der Waals surface area contributed by atoms with Crippen molar-refractivity contribution in [3.63, 3.8) is 0 Å². The molecule has 2 aromatic rings. The third-order valence-corrected chi connectivity index (χ3v) is 4.31. The van der Waals surface area contributed by atoms with E-state index in [-0.39, 0.29) is 5.91 Å². The molecule has 1 unspecified atom stereocenters. The molecule has 1 heterocycles. The van der Waals surface area contributed by atoms with Crippen LogP contribution in [-0.2, 0) is 11.3 Å². The van der Waals surface area contributed by atoms with Gasteiger partial charge in [-0.3, -0.25) is 9.78 Å². The number of nitrogens with zero attached hydrogens (tertiary/aromatic N) is 2. The summed E-state index contributed by atoms with van der Waals surface area (Å²) in [6.07, 6.45) is 1.10. The van der Waals surface area contributed by atoms with E-state index in [1.54, 1.807) is 44.3 Å². The molecule has 5 nitrogen and oxygen atoms in total. The molecule has 0 spiro atoms. The first-order chi connectivity index (χ1) is 11.8. The predicted octanol–water partition coefficient (Wildman–Crippen LogP) is 3.79. The van der Waals surface area contributed by atoms with Crippen LogP contribution in [0.1, 0.15) is 23.7 Å². The molecule has 0 aliphatic heterocycles. The second-order valence-corrected chi connectivity index (χ2v) is 6.34. The molecule has 6 heteroatoms. The number of hydrogen-bond acceptors (Lipinski definition) is 4. The average molecular weight is 363 g/mol. The Balaban J connectivity index is 2.09. The van der Waals surface area contributed by atoms with Gasteiger partial charge in [0, 0.05) is 24.4 Å². The molecule has 0 radical (unpaired) electrons. The summed E-state index contributed by atoms with van der Waals surface area (Å²) in [5, 5.41) is 0.477. The van der Waals surface area contributed by atoms with Crippen LogP contribution in [-0.4, -0.2) is 36.1 Å². The third kappa shape index (κ3) is 4.42. The molecule has 0 fully saturated rings. The van der Waals surface area contributed by atoms with E-state index in [0.29, 0.717) is 17.3 Å². The molecular weight excluding hydrogens is 340 g/mol. The van der Waals surface area contributed by atoms with Crippen LogP contribution in [0.4, 0.5) is 0 Å². The van der Waals surface area contributed by atoms with Gasteiger partial charge in [-0.2, -0.15) is 0 Å². The molecule has 0 bridgehead atoms. The molecule has 0 saturated heterocycles. The number of aryl methyl sites for hydroxylation is 1. The highest BCUT2D eigenvalue weighted by molar-refractivity contribution is 6.32. The molecule has 2 rings (SSSR count). The van der Waals surface area contributed by atoms with Crippen molar-refractivity contribution in [3.05, 3.63) is 52.3 Å². The molecular formula is C19H23ClN2O3. The molecule has 1 aromatic carbocycles. The van der Waals surface area contributed by atoms with Crippen LogP contribution in [0, 0.1) is 13.8 Å². The summed E-state index contributed by atoms with van der Waals surface area (Å²) in [4.78, 5) is 18.6. The van der Waals surface area contributed by atoms with Gasteiger partial charge < -0.3 is 14.4 Å². The zero-order valence-electron chi connectivity index (χ0n) is 15.2. The summed E-state index contributed by atoms with van der Waals surface area (Å²) in [5.74, 6) is 1.14. The maximum Gasteiger partial charge on any atom is 0.263 e. The first-order valence-electron chi connectivity index (χ1n) is 8.00. The largest absolute Gasteiger partial charge is 0.496 e. The van der Waals surface area contributed by atoms with Gasteiger partial charge in [0.1, 0.15) is 11.5 Å². The summed E-state index contributed by atoms with van der Waals surface area (Å²) in [5.41, 5.74) is 2.69. The number of hydrogen-bond donors (Lipinski definition) is 0. The van der Waals surface area contributed by atoms with Crippen molar-refractivity contribution in [3.8, 4) is 11.5 Å². The van der Waals surface area contributed by atoms with Gasteiger partial charge in [0.15, 0.2) is 6.10 Å². The molecule has 1 atom stereocenters. The van der Waals surface area contributed by atoms with E-state index in [1.165, 1.54) is 0 Å². The minimum Gasteiger partial charge on any atom is -0.496 e. The Hall–Kier alpha value is -2.27. The van der Waals surface area contributed by atoms with Crippen LogP contribution in [0.25, 0.3) is 0 Å². The predicted molar refractivity (Wildman–Crippen MR) is 98.3 cm³/mol. The fourth-order valence-electron chi connectivity index (χ4n) is 2.62. The van der Waals surface area contributed by atoms with Gasteiger partial charge in [-0.15, -0.1) is 0 Å². The Kier molecular flexibility index (Phi) is 6.26. The number of aromatic nitrogens is 1. The minimum absolute atomic E-state index is 0.152. The van der Waals surface area contributed by atoms with Gasteiger partial charge in [-0.25, -0.2) is 0 Å². The number of carbonyl (C=O) groups excluding carboxylic acids is 1. The molecule has 134 valence electrons. The quantitative estimate of drug-likeness (QED) is 0.784. The maximum atomic E-state index is 12.6. The molecule has 0 N–H and O–H groups in total. The van der Waals surface area contributed by atoms with Crippen LogP contribution in [0.2, 0.25) is 5.02 Å². The Morgan fingerprint density at radius 2 is 2.00 bits per heavy atom. The summed E-state index contributed by atoms with van der Waals surface area (Å²) >= 11 is 6.08. The fraction of sp³-hybridized carbons (Fsp3) is 0.368. The van der Waals surface area contributed by atoms with Crippen molar-refractivity contribution in [1.82, 2.24) is 9.88 Å². The van der Waals surface area contributed by atoms with Crippen LogP contribution in [0.15, 0.2) is 30.5 Å². The van der Waals surface area contributed by atoms with E-state index in [9.17, 15) is 4.79 Å². The van der Waals surface area contributed by atoms with E-state index in [4.69, 9.17) is 21.1 Å². The molecule has 25 heavy (non-hydrogen) atoms. The number of likely N-dealkylation sites (N-methyl/N-ethyl adjacent to an activating group) is 1. The van der Waals surface area contributed by atoms with E-state index in [1.807, 2.05) is 26.0 Å². The van der Waals surface area contributed by atoms with Gasteiger partial charge in [-0.1, -0.05) is 23.7 Å². The summed E-state index contributed by atoms with van der Waals surface area (Å²) in [7, 11) is 3.36. The summed E-state index contributed by atoms with van der Waals surface area (Å²) < 4.78 is 11.1. The Bertz CT molecular complexity index is 764. The zero-order valence-corrected chi connectivity index (χ0v) is 15.9. The highest BCUT2D eigenvalue weighted by Gasteiger charge is 2.22. The molecule has 1 amide bonds.